The van der Waals surface area contributed by atoms with Crippen LogP contribution in [0.5, 0.6) is 5.75 Å². The Hall–Kier alpha value is -3.55. The molecule has 1 unspecified atom stereocenters. The molecule has 7 nitrogen and oxygen atoms in total. The van der Waals surface area contributed by atoms with Gasteiger partial charge in [0.1, 0.15) is 23.2 Å². The van der Waals surface area contributed by atoms with E-state index < -0.39 is 0 Å². The molecule has 1 aliphatic rings. The summed E-state index contributed by atoms with van der Waals surface area (Å²) in [5, 5.41) is 3.17. The molecule has 160 valence electrons. The maximum Gasteiger partial charge on any atom is 0.226 e. The number of hydrogen-bond donors (Lipinski definition) is 1. The van der Waals surface area contributed by atoms with Crippen LogP contribution in [0.4, 0.5) is 16.0 Å². The number of anilines is 2. The number of aryl methyl sites for hydroxylation is 1. The molecule has 0 aliphatic carbocycles. The average molecular weight is 421 g/mol. The van der Waals surface area contributed by atoms with Gasteiger partial charge in [-0.15, -0.1) is 0 Å². The van der Waals surface area contributed by atoms with Crippen LogP contribution in [-0.4, -0.2) is 38.9 Å². The number of hydrogen-bond acceptors (Lipinski definition) is 6. The summed E-state index contributed by atoms with van der Waals surface area (Å²) in [7, 11) is 0. The van der Waals surface area contributed by atoms with E-state index in [9.17, 15) is 9.18 Å². The van der Waals surface area contributed by atoms with E-state index in [0.717, 1.165) is 24.2 Å². The largest absolute Gasteiger partial charge is 0.493 e. The molecule has 1 aliphatic heterocycles. The molecule has 4 rings (SSSR count). The van der Waals surface area contributed by atoms with Gasteiger partial charge in [0.05, 0.1) is 37.2 Å². The number of nitrogens with zero attached hydrogens (tertiary/aromatic N) is 4. The lowest BCUT2D eigenvalue weighted by Crippen LogP contribution is -2.32. The van der Waals surface area contributed by atoms with Crippen LogP contribution in [-0.2, 0) is 4.79 Å². The van der Waals surface area contributed by atoms with E-state index in [1.54, 1.807) is 24.5 Å². The first-order valence-corrected chi connectivity index (χ1v) is 10.3. The van der Waals surface area contributed by atoms with E-state index in [1.165, 1.54) is 12.1 Å². The average Bonchev–Trinajstić information content (AvgIpc) is 3.24. The second-order valence-electron chi connectivity index (χ2n) is 7.42. The van der Waals surface area contributed by atoms with Crippen molar-refractivity contribution in [1.29, 1.82) is 0 Å². The normalized spacial score (nSPS) is 15.7. The van der Waals surface area contributed by atoms with Crippen molar-refractivity contribution >= 4 is 17.5 Å². The van der Waals surface area contributed by atoms with Gasteiger partial charge in [0.25, 0.3) is 0 Å². The number of ether oxygens (including phenoxy) is 1. The summed E-state index contributed by atoms with van der Waals surface area (Å²) >= 11 is 0. The number of amides is 1. The third-order valence-corrected chi connectivity index (χ3v) is 5.09. The zero-order chi connectivity index (χ0) is 21.6. The van der Waals surface area contributed by atoms with Crippen molar-refractivity contribution in [2.75, 3.05) is 18.5 Å². The molecular formula is C23H24FN5O2. The fraction of sp³-hybridized carbons (Fsp3) is 0.304. The van der Waals surface area contributed by atoms with Gasteiger partial charge in [-0.05, 0) is 44.0 Å². The Morgan fingerprint density at radius 3 is 2.90 bits per heavy atom. The van der Waals surface area contributed by atoms with Gasteiger partial charge >= 0.3 is 0 Å². The van der Waals surface area contributed by atoms with Crippen molar-refractivity contribution in [2.45, 2.75) is 32.2 Å². The van der Waals surface area contributed by atoms with Crippen LogP contribution < -0.4 is 10.1 Å². The molecule has 0 bridgehead atoms. The van der Waals surface area contributed by atoms with Crippen molar-refractivity contribution in [3.63, 3.8) is 0 Å². The number of aromatic nitrogens is 3. The molecule has 0 radical (unpaired) electrons. The van der Waals surface area contributed by atoms with Crippen molar-refractivity contribution < 1.29 is 13.9 Å². The zero-order valence-electron chi connectivity index (χ0n) is 17.3. The summed E-state index contributed by atoms with van der Waals surface area (Å²) in [6.45, 7) is 2.79. The maximum atomic E-state index is 13.3. The molecule has 3 aromatic rings. The lowest BCUT2D eigenvalue weighted by Gasteiger charge is -2.24. The van der Waals surface area contributed by atoms with Gasteiger partial charge < -0.3 is 15.0 Å². The molecule has 3 heterocycles. The minimum atomic E-state index is -0.364. The quantitative estimate of drug-likeness (QED) is 0.616. The monoisotopic (exact) mass is 421 g/mol. The number of nitrogens with one attached hydrogen (secondary N) is 1. The number of carbonyl (C=O) groups excluding carboxylic acids is 1. The Balaban J connectivity index is 1.39. The number of rotatable bonds is 7. The smallest absolute Gasteiger partial charge is 0.226 e. The number of benzene rings is 1. The van der Waals surface area contributed by atoms with Crippen LogP contribution in [0.25, 0.3) is 0 Å². The second-order valence-corrected chi connectivity index (χ2v) is 7.42. The maximum absolute atomic E-state index is 13.3. The van der Waals surface area contributed by atoms with Gasteiger partial charge in [-0.3, -0.25) is 9.78 Å². The van der Waals surface area contributed by atoms with Crippen molar-refractivity contribution in [3.8, 4) is 5.75 Å². The summed E-state index contributed by atoms with van der Waals surface area (Å²) in [6.07, 6.45) is 5.29. The highest BCUT2D eigenvalue weighted by molar-refractivity contribution is 5.77. The van der Waals surface area contributed by atoms with E-state index in [4.69, 9.17) is 4.74 Å². The molecule has 1 saturated heterocycles. The topological polar surface area (TPSA) is 80.2 Å². The molecular weight excluding hydrogens is 397 g/mol. The fourth-order valence-corrected chi connectivity index (χ4v) is 3.68. The molecule has 2 aromatic heterocycles. The third-order valence-electron chi connectivity index (χ3n) is 5.09. The van der Waals surface area contributed by atoms with Gasteiger partial charge in [0.2, 0.25) is 5.91 Å². The van der Waals surface area contributed by atoms with Gasteiger partial charge in [0, 0.05) is 18.3 Å². The number of carbonyl (C=O) groups is 1. The zero-order valence-corrected chi connectivity index (χ0v) is 17.3. The SMILES string of the molecule is Cc1cccc(Nc2cncc(C3CCCN3C(=O)CCOc3cccc(F)c3)n2)n1. The highest BCUT2D eigenvalue weighted by atomic mass is 19.1. The molecule has 1 N–H and O–H groups in total. The van der Waals surface area contributed by atoms with Gasteiger partial charge in [-0.25, -0.2) is 14.4 Å². The lowest BCUT2D eigenvalue weighted by molar-refractivity contribution is -0.132. The van der Waals surface area contributed by atoms with Gasteiger partial charge in [-0.2, -0.15) is 0 Å². The molecule has 31 heavy (non-hydrogen) atoms. The predicted octanol–water partition coefficient (Wildman–Crippen LogP) is 4.20. The van der Waals surface area contributed by atoms with Crippen molar-refractivity contribution in [3.05, 3.63) is 72.1 Å². The minimum absolute atomic E-state index is 0.0144. The summed E-state index contributed by atoms with van der Waals surface area (Å²) in [5.74, 6) is 1.32. The number of halogens is 1. The minimum Gasteiger partial charge on any atom is -0.493 e. The molecule has 0 spiro atoms. The second kappa shape index (κ2) is 9.51. The summed E-state index contributed by atoms with van der Waals surface area (Å²) in [5.41, 5.74) is 1.65. The van der Waals surface area contributed by atoms with E-state index in [1.807, 2.05) is 30.0 Å². The first-order chi connectivity index (χ1) is 15.1. The van der Waals surface area contributed by atoms with E-state index >= 15 is 0 Å². The van der Waals surface area contributed by atoms with E-state index in [-0.39, 0.29) is 30.8 Å². The summed E-state index contributed by atoms with van der Waals surface area (Å²) in [6, 6.07) is 11.5. The fourth-order valence-electron chi connectivity index (χ4n) is 3.68. The van der Waals surface area contributed by atoms with E-state index in [2.05, 4.69) is 20.3 Å². The Kier molecular flexibility index (Phi) is 6.35. The molecule has 0 saturated carbocycles. The first kappa shape index (κ1) is 20.7. The van der Waals surface area contributed by atoms with E-state index in [0.29, 0.717) is 23.9 Å². The predicted molar refractivity (Wildman–Crippen MR) is 114 cm³/mol. The summed E-state index contributed by atoms with van der Waals surface area (Å²) < 4.78 is 18.8. The van der Waals surface area contributed by atoms with Crippen molar-refractivity contribution in [1.82, 2.24) is 19.9 Å². The summed E-state index contributed by atoms with van der Waals surface area (Å²) in [4.78, 5) is 28.0. The molecule has 8 heteroatoms. The first-order valence-electron chi connectivity index (χ1n) is 10.3. The highest BCUT2D eigenvalue weighted by Gasteiger charge is 2.31. The Morgan fingerprint density at radius 2 is 2.06 bits per heavy atom. The van der Waals surface area contributed by atoms with Crippen LogP contribution in [0, 0.1) is 12.7 Å². The number of pyridine rings is 1. The lowest BCUT2D eigenvalue weighted by atomic mass is 10.1. The van der Waals surface area contributed by atoms with Gasteiger partial charge in [-0.1, -0.05) is 12.1 Å². The Morgan fingerprint density at radius 1 is 1.19 bits per heavy atom. The Labute approximate surface area is 180 Å². The molecule has 1 amide bonds. The van der Waals surface area contributed by atoms with Crippen LogP contribution in [0.15, 0.2) is 54.9 Å². The highest BCUT2D eigenvalue weighted by Crippen LogP contribution is 2.31. The van der Waals surface area contributed by atoms with Crippen LogP contribution in [0.2, 0.25) is 0 Å². The van der Waals surface area contributed by atoms with Crippen LogP contribution in [0.3, 0.4) is 0 Å². The molecule has 1 aromatic carbocycles. The standard InChI is InChI=1S/C23H24FN5O2/c1-16-5-2-9-21(26-16)28-22-15-25-14-19(27-22)20-8-4-11-29(20)23(30)10-12-31-18-7-3-6-17(24)13-18/h2-3,5-7,9,13-15,20H,4,8,10-12H2,1H3,(H,26,27,28). The van der Waals surface area contributed by atoms with Crippen LogP contribution in [0.1, 0.15) is 36.7 Å². The van der Waals surface area contributed by atoms with Crippen LogP contribution >= 0.6 is 0 Å². The third kappa shape index (κ3) is 5.33. The van der Waals surface area contributed by atoms with Gasteiger partial charge in [0.15, 0.2) is 0 Å². The van der Waals surface area contributed by atoms with Crippen molar-refractivity contribution in [2.24, 2.45) is 0 Å². The molecule has 1 fully saturated rings. The number of likely N-dealkylation sites (tertiary alicyclic amines) is 1. The Bertz CT molecular complexity index is 1060. The molecule has 1 atom stereocenters.